The van der Waals surface area contributed by atoms with Gasteiger partial charge in [-0.05, 0) is 83.0 Å². The molecule has 2 rings (SSSR count). The molecular formula is C35H58N2O8. The van der Waals surface area contributed by atoms with Crippen molar-refractivity contribution in [1.82, 2.24) is 10.2 Å². The summed E-state index contributed by atoms with van der Waals surface area (Å²) in [6, 6.07) is -1.70. The average molecular weight is 635 g/mol. The van der Waals surface area contributed by atoms with Crippen LogP contribution in [-0.4, -0.2) is 70.0 Å². The number of carbonyl (C=O) groups is 6. The summed E-state index contributed by atoms with van der Waals surface area (Å²) in [6.45, 7) is 24.4. The van der Waals surface area contributed by atoms with E-state index in [0.29, 0.717) is 13.0 Å². The van der Waals surface area contributed by atoms with Gasteiger partial charge in [0.25, 0.3) is 0 Å². The van der Waals surface area contributed by atoms with Crippen LogP contribution in [0.3, 0.4) is 0 Å². The van der Waals surface area contributed by atoms with Gasteiger partial charge in [-0.25, -0.2) is 4.79 Å². The maximum absolute atomic E-state index is 14.1. The number of Topliss-reactive ketones (excluding diaryl/α,β-unsaturated/α-hetero) is 3. The fraction of sp³-hybridized carbons (Fsp3) is 0.829. The normalized spacial score (nSPS) is 22.3. The lowest BCUT2D eigenvalue weighted by molar-refractivity contribution is -0.155. The van der Waals surface area contributed by atoms with Crippen LogP contribution in [0.1, 0.15) is 122 Å². The Labute approximate surface area is 270 Å². The van der Waals surface area contributed by atoms with Crippen molar-refractivity contribution >= 4 is 35.3 Å². The van der Waals surface area contributed by atoms with Crippen LogP contribution in [-0.2, 0) is 33.4 Å². The van der Waals surface area contributed by atoms with Crippen molar-refractivity contribution in [3.05, 3.63) is 0 Å². The van der Waals surface area contributed by atoms with Crippen LogP contribution in [0.2, 0.25) is 0 Å². The maximum atomic E-state index is 14.1. The Hall–Kier alpha value is -2.78. The lowest BCUT2D eigenvalue weighted by atomic mass is 9.82. The molecule has 2 aliphatic rings. The molecule has 1 aliphatic carbocycles. The van der Waals surface area contributed by atoms with E-state index in [0.717, 1.165) is 0 Å². The average Bonchev–Trinajstić information content (AvgIpc) is 3.16. The van der Waals surface area contributed by atoms with Crippen LogP contribution >= 0.6 is 0 Å². The Morgan fingerprint density at radius 3 is 1.91 bits per heavy atom. The molecule has 5 atom stereocenters. The topological polar surface area (TPSA) is 136 Å². The van der Waals surface area contributed by atoms with Crippen molar-refractivity contribution in [1.29, 1.82) is 0 Å². The van der Waals surface area contributed by atoms with Gasteiger partial charge in [-0.1, -0.05) is 48.5 Å². The Morgan fingerprint density at radius 1 is 0.867 bits per heavy atom. The monoisotopic (exact) mass is 634 g/mol. The Bertz CT molecular complexity index is 1150. The van der Waals surface area contributed by atoms with Crippen LogP contribution < -0.4 is 5.32 Å². The zero-order valence-corrected chi connectivity index (χ0v) is 29.9. The van der Waals surface area contributed by atoms with Crippen LogP contribution in [0.25, 0.3) is 0 Å². The number of carbonyl (C=O) groups excluding carboxylic acids is 6. The van der Waals surface area contributed by atoms with Crippen LogP contribution in [0.4, 0.5) is 4.79 Å². The molecule has 0 aromatic rings. The van der Waals surface area contributed by atoms with Crippen molar-refractivity contribution in [2.24, 2.45) is 34.5 Å². The van der Waals surface area contributed by atoms with Gasteiger partial charge in [-0.3, -0.25) is 24.0 Å². The predicted octanol–water partition coefficient (Wildman–Crippen LogP) is 5.68. The lowest BCUT2D eigenvalue weighted by Crippen LogP contribution is -2.58. The van der Waals surface area contributed by atoms with Gasteiger partial charge in [0.05, 0.1) is 6.04 Å². The molecule has 0 spiro atoms. The number of likely N-dealkylation sites (tertiary alicyclic amines) is 1. The van der Waals surface area contributed by atoms with Crippen molar-refractivity contribution in [2.75, 3.05) is 6.54 Å². The number of ketones is 3. The summed E-state index contributed by atoms with van der Waals surface area (Å²) < 4.78 is 10.7. The molecule has 0 radical (unpaired) electrons. The Morgan fingerprint density at radius 2 is 1.42 bits per heavy atom. The minimum atomic E-state index is -0.942. The molecule has 2 amide bonds. The zero-order valence-electron chi connectivity index (χ0n) is 29.9. The number of nitrogens with zero attached hydrogens (tertiary/aromatic N) is 1. The number of ether oxygens (including phenoxy) is 2. The highest BCUT2D eigenvalue weighted by atomic mass is 16.6. The van der Waals surface area contributed by atoms with Gasteiger partial charge in [0.15, 0.2) is 11.6 Å². The number of piperidine rings is 1. The van der Waals surface area contributed by atoms with E-state index in [1.807, 2.05) is 34.6 Å². The largest absolute Gasteiger partial charge is 0.460 e. The van der Waals surface area contributed by atoms with Crippen molar-refractivity contribution in [2.45, 2.75) is 145 Å². The molecule has 2 fully saturated rings. The second-order valence-electron chi connectivity index (χ2n) is 17.1. The number of hydrogen-bond donors (Lipinski definition) is 1. The van der Waals surface area contributed by atoms with E-state index < -0.39 is 58.2 Å². The zero-order chi connectivity index (χ0) is 34.9. The van der Waals surface area contributed by atoms with Gasteiger partial charge in [-0.2, -0.15) is 0 Å². The van der Waals surface area contributed by atoms with E-state index >= 15 is 0 Å². The first kappa shape index (κ1) is 38.4. The molecule has 0 aromatic carbocycles. The van der Waals surface area contributed by atoms with Gasteiger partial charge in [0, 0.05) is 31.7 Å². The number of esters is 1. The van der Waals surface area contributed by atoms with Crippen LogP contribution in [0, 0.1) is 34.5 Å². The standard InChI is InChI=1S/C35H58N2O8/c1-20(2)17-21(28(41)23(38)15-14-16-25(40)44-33(6,7)8)18-24(39)27-26-22(35(26,12)13)19-37(27)30(42)29(32(3,4)5)36-31(43)45-34(9,10)11/h20-22,26-27,29H,14-19H2,1-13H3,(H,36,43)/t21?,22?,26?,27-,29-/m1/s1. The highest BCUT2D eigenvalue weighted by Crippen LogP contribution is 2.65. The minimum absolute atomic E-state index is 0.0215. The first-order valence-corrected chi connectivity index (χ1v) is 16.4. The fourth-order valence-electron chi connectivity index (χ4n) is 6.47. The molecule has 256 valence electrons. The molecule has 0 aromatic heterocycles. The molecule has 45 heavy (non-hydrogen) atoms. The number of alkyl carbamates (subject to hydrolysis) is 1. The van der Waals surface area contributed by atoms with E-state index in [4.69, 9.17) is 9.47 Å². The fourth-order valence-corrected chi connectivity index (χ4v) is 6.47. The van der Waals surface area contributed by atoms with Crippen LogP contribution in [0.15, 0.2) is 0 Å². The number of nitrogens with one attached hydrogen (secondary N) is 1. The summed E-state index contributed by atoms with van der Waals surface area (Å²) in [7, 11) is 0. The third-order valence-corrected chi connectivity index (χ3v) is 8.65. The third kappa shape index (κ3) is 10.6. The molecule has 1 heterocycles. The van der Waals surface area contributed by atoms with Crippen molar-refractivity contribution < 1.29 is 38.2 Å². The third-order valence-electron chi connectivity index (χ3n) is 8.65. The molecule has 1 saturated carbocycles. The van der Waals surface area contributed by atoms with Gasteiger partial charge in [0.2, 0.25) is 11.7 Å². The molecule has 10 heteroatoms. The van der Waals surface area contributed by atoms with Gasteiger partial charge in [-0.15, -0.1) is 0 Å². The van der Waals surface area contributed by atoms with E-state index in [1.54, 1.807) is 46.4 Å². The molecule has 1 aliphatic heterocycles. The van der Waals surface area contributed by atoms with E-state index in [2.05, 4.69) is 19.2 Å². The van der Waals surface area contributed by atoms with Gasteiger partial charge < -0.3 is 19.7 Å². The van der Waals surface area contributed by atoms with Gasteiger partial charge >= 0.3 is 12.1 Å². The Balaban J connectivity index is 2.24. The van der Waals surface area contributed by atoms with Crippen LogP contribution in [0.5, 0.6) is 0 Å². The quantitative estimate of drug-likeness (QED) is 0.202. The number of amides is 2. The van der Waals surface area contributed by atoms with E-state index in [1.165, 1.54) is 0 Å². The summed E-state index contributed by atoms with van der Waals surface area (Å²) >= 11 is 0. The van der Waals surface area contributed by atoms with E-state index in [9.17, 15) is 28.8 Å². The molecule has 10 nitrogen and oxygen atoms in total. The number of hydrogen-bond acceptors (Lipinski definition) is 8. The summed E-state index contributed by atoms with van der Waals surface area (Å²) in [6.07, 6.45) is -0.405. The number of fused-ring (bicyclic) bond motifs is 1. The summed E-state index contributed by atoms with van der Waals surface area (Å²) in [5.41, 5.74) is -2.21. The summed E-state index contributed by atoms with van der Waals surface area (Å²) in [5, 5.41) is 2.74. The molecule has 1 N–H and O–H groups in total. The highest BCUT2D eigenvalue weighted by Gasteiger charge is 2.69. The first-order chi connectivity index (χ1) is 20.3. The predicted molar refractivity (Wildman–Crippen MR) is 171 cm³/mol. The molecular weight excluding hydrogens is 576 g/mol. The Kier molecular flexibility index (Phi) is 11.9. The van der Waals surface area contributed by atoms with E-state index in [-0.39, 0.29) is 60.5 Å². The van der Waals surface area contributed by atoms with Gasteiger partial charge in [0.1, 0.15) is 17.2 Å². The second kappa shape index (κ2) is 13.9. The summed E-state index contributed by atoms with van der Waals surface area (Å²) in [5.74, 6) is -2.97. The minimum Gasteiger partial charge on any atom is -0.460 e. The summed E-state index contributed by atoms with van der Waals surface area (Å²) in [4.78, 5) is 80.9. The van der Waals surface area contributed by atoms with Crippen molar-refractivity contribution in [3.63, 3.8) is 0 Å². The second-order valence-corrected chi connectivity index (χ2v) is 17.1. The maximum Gasteiger partial charge on any atom is 0.408 e. The first-order valence-electron chi connectivity index (χ1n) is 16.4. The van der Waals surface area contributed by atoms with Crippen molar-refractivity contribution in [3.8, 4) is 0 Å². The lowest BCUT2D eigenvalue weighted by Gasteiger charge is -2.38. The smallest absolute Gasteiger partial charge is 0.408 e. The number of rotatable bonds is 13. The molecule has 0 bridgehead atoms. The highest BCUT2D eigenvalue weighted by molar-refractivity contribution is 6.38. The SMILES string of the molecule is CC(C)CC(CC(=O)[C@@H]1C2C(CN1C(=O)[C@@H](NC(=O)OC(C)(C)C)C(C)(C)C)C2(C)C)C(=O)C(=O)CCCC(=O)OC(C)(C)C. The molecule has 1 saturated heterocycles. The molecule has 3 unspecified atom stereocenters.